The van der Waals surface area contributed by atoms with Crippen LogP contribution < -0.4 is 10.6 Å². The fourth-order valence-corrected chi connectivity index (χ4v) is 4.55. The average molecular weight is 472 g/mol. The van der Waals surface area contributed by atoms with Crippen molar-refractivity contribution < 1.29 is 18.3 Å². The quantitative estimate of drug-likeness (QED) is 0.341. The highest BCUT2D eigenvalue weighted by atomic mass is 35.5. The molecule has 1 fully saturated rings. The van der Waals surface area contributed by atoms with Gasteiger partial charge in [0.05, 0.1) is 29.3 Å². The van der Waals surface area contributed by atoms with Crippen LogP contribution in [0.1, 0.15) is 24.8 Å². The fraction of sp³-hybridized carbons (Fsp3) is 0.304. The molecule has 4 rings (SSSR count). The number of carbonyl (C=O) groups excluding carboxylic acids is 1. The van der Waals surface area contributed by atoms with E-state index in [1.165, 1.54) is 25.3 Å². The zero-order valence-electron chi connectivity index (χ0n) is 17.7. The van der Waals surface area contributed by atoms with Crippen molar-refractivity contribution >= 4 is 40.0 Å². The van der Waals surface area contributed by atoms with Crippen molar-refractivity contribution in [2.45, 2.75) is 19.3 Å². The third kappa shape index (κ3) is 4.14. The number of aromatic nitrogens is 2. The summed E-state index contributed by atoms with van der Waals surface area (Å²) in [6, 6.07) is 8.05. The van der Waals surface area contributed by atoms with E-state index in [-0.39, 0.29) is 56.0 Å². The van der Waals surface area contributed by atoms with Crippen LogP contribution in [0.2, 0.25) is 5.02 Å². The van der Waals surface area contributed by atoms with Crippen LogP contribution in [0.3, 0.4) is 0 Å². The van der Waals surface area contributed by atoms with Crippen molar-refractivity contribution in [3.63, 3.8) is 0 Å². The number of hydrogen-bond donors (Lipinski definition) is 1. The predicted molar refractivity (Wildman–Crippen MR) is 121 cm³/mol. The Kier molecular flexibility index (Phi) is 6.29. The molecule has 10 heteroatoms. The van der Waals surface area contributed by atoms with Crippen LogP contribution in [0.5, 0.6) is 0 Å². The van der Waals surface area contributed by atoms with Crippen LogP contribution in [-0.2, 0) is 9.53 Å². The van der Waals surface area contributed by atoms with E-state index in [0.717, 1.165) is 0 Å². The number of benzene rings is 2. The van der Waals surface area contributed by atoms with E-state index in [4.69, 9.17) is 22.1 Å². The van der Waals surface area contributed by atoms with Gasteiger partial charge in [0.25, 0.3) is 0 Å². The SMILES string of the molecule is COC(=O)C1CCCN(c2nc(F)nc3c(F)c(-c4cccc(N)c4C#N)c(Cl)cc23)CC1. The first kappa shape index (κ1) is 22.7. The van der Waals surface area contributed by atoms with E-state index in [0.29, 0.717) is 32.4 Å². The third-order valence-corrected chi connectivity index (χ3v) is 6.17. The van der Waals surface area contributed by atoms with Gasteiger partial charge in [0.15, 0.2) is 5.82 Å². The molecule has 0 bridgehead atoms. The van der Waals surface area contributed by atoms with Gasteiger partial charge in [0.1, 0.15) is 17.4 Å². The summed E-state index contributed by atoms with van der Waals surface area (Å²) in [6.07, 6.45) is 0.672. The molecule has 170 valence electrons. The molecule has 0 spiro atoms. The van der Waals surface area contributed by atoms with Crippen LogP contribution in [0.15, 0.2) is 24.3 Å². The van der Waals surface area contributed by atoms with E-state index in [1.807, 2.05) is 6.07 Å². The lowest BCUT2D eigenvalue weighted by molar-refractivity contribution is -0.145. The van der Waals surface area contributed by atoms with Crippen molar-refractivity contribution in [1.82, 2.24) is 9.97 Å². The number of fused-ring (bicyclic) bond motifs is 1. The first-order valence-corrected chi connectivity index (χ1v) is 10.7. The molecule has 2 N–H and O–H groups in total. The van der Waals surface area contributed by atoms with Crippen molar-refractivity contribution in [2.24, 2.45) is 5.92 Å². The van der Waals surface area contributed by atoms with Crippen LogP contribution >= 0.6 is 11.6 Å². The van der Waals surface area contributed by atoms with Crippen molar-refractivity contribution in [2.75, 3.05) is 30.8 Å². The molecule has 1 atom stereocenters. The number of halogens is 3. The highest BCUT2D eigenvalue weighted by Crippen LogP contribution is 2.40. The highest BCUT2D eigenvalue weighted by Gasteiger charge is 2.27. The number of rotatable bonds is 3. The number of esters is 1. The summed E-state index contributed by atoms with van der Waals surface area (Å²) < 4.78 is 35.0. The predicted octanol–water partition coefficient (Wildman–Crippen LogP) is 4.46. The lowest BCUT2D eigenvalue weighted by Crippen LogP contribution is -2.27. The number of hydrogen-bond acceptors (Lipinski definition) is 7. The summed E-state index contributed by atoms with van der Waals surface area (Å²) in [4.78, 5) is 21.4. The summed E-state index contributed by atoms with van der Waals surface area (Å²) in [7, 11) is 1.35. The molecule has 1 aliphatic heterocycles. The Hall–Kier alpha value is -3.51. The lowest BCUT2D eigenvalue weighted by Gasteiger charge is -2.23. The maximum absolute atomic E-state index is 15.7. The topological polar surface area (TPSA) is 105 Å². The molecular formula is C23H20ClF2N5O2. The van der Waals surface area contributed by atoms with Gasteiger partial charge >= 0.3 is 12.0 Å². The molecule has 33 heavy (non-hydrogen) atoms. The van der Waals surface area contributed by atoms with Crippen LogP contribution in [-0.4, -0.2) is 36.1 Å². The summed E-state index contributed by atoms with van der Waals surface area (Å²) >= 11 is 6.47. The number of nitrogen functional groups attached to an aromatic ring is 1. The van der Waals surface area contributed by atoms with Crippen molar-refractivity contribution in [3.8, 4) is 17.2 Å². The minimum atomic E-state index is -1.09. The molecule has 7 nitrogen and oxygen atoms in total. The molecule has 0 aliphatic carbocycles. The molecule has 0 saturated carbocycles. The van der Waals surface area contributed by atoms with E-state index < -0.39 is 11.9 Å². The van der Waals surface area contributed by atoms with Gasteiger partial charge in [0, 0.05) is 29.6 Å². The Labute approximate surface area is 193 Å². The first-order chi connectivity index (χ1) is 15.8. The second-order valence-corrected chi connectivity index (χ2v) is 8.19. The smallest absolute Gasteiger partial charge is 0.311 e. The van der Waals surface area contributed by atoms with Gasteiger partial charge in [0.2, 0.25) is 0 Å². The average Bonchev–Trinajstić information content (AvgIpc) is 3.05. The lowest BCUT2D eigenvalue weighted by atomic mass is 9.97. The number of carbonyl (C=O) groups is 1. The molecule has 0 amide bonds. The van der Waals surface area contributed by atoms with Crippen LogP contribution in [0.25, 0.3) is 22.0 Å². The molecular weight excluding hydrogens is 452 g/mol. The second kappa shape index (κ2) is 9.16. The van der Waals surface area contributed by atoms with Crippen molar-refractivity contribution in [3.05, 3.63) is 46.7 Å². The van der Waals surface area contributed by atoms with E-state index in [9.17, 15) is 14.4 Å². The molecule has 3 aromatic rings. The van der Waals surface area contributed by atoms with Gasteiger partial charge in [-0.15, -0.1) is 0 Å². The van der Waals surface area contributed by atoms with Crippen LogP contribution in [0.4, 0.5) is 20.3 Å². The Balaban J connectivity index is 1.85. The number of nitriles is 1. The van der Waals surface area contributed by atoms with Gasteiger partial charge in [-0.2, -0.15) is 19.6 Å². The first-order valence-electron chi connectivity index (χ1n) is 10.3. The zero-order chi connectivity index (χ0) is 23.7. The molecule has 1 unspecified atom stereocenters. The van der Waals surface area contributed by atoms with E-state index in [1.54, 1.807) is 11.0 Å². The van der Waals surface area contributed by atoms with Crippen molar-refractivity contribution in [1.29, 1.82) is 5.26 Å². The van der Waals surface area contributed by atoms with Gasteiger partial charge in [-0.25, -0.2) is 4.39 Å². The molecule has 2 aromatic carbocycles. The number of methoxy groups -OCH3 is 1. The minimum absolute atomic E-state index is 0.0146. The van der Waals surface area contributed by atoms with E-state index in [2.05, 4.69) is 9.97 Å². The Morgan fingerprint density at radius 2 is 2.09 bits per heavy atom. The number of nitrogens with zero attached hydrogens (tertiary/aromatic N) is 4. The van der Waals surface area contributed by atoms with Gasteiger partial charge < -0.3 is 15.4 Å². The molecule has 0 radical (unpaired) electrons. The molecule has 1 aromatic heterocycles. The van der Waals surface area contributed by atoms with Gasteiger partial charge in [-0.3, -0.25) is 4.79 Å². The number of anilines is 2. The largest absolute Gasteiger partial charge is 0.469 e. The fourth-order valence-electron chi connectivity index (χ4n) is 4.26. The van der Waals surface area contributed by atoms with Gasteiger partial charge in [-0.05, 0) is 31.4 Å². The summed E-state index contributed by atoms with van der Waals surface area (Å²) in [6.45, 7) is 0.897. The zero-order valence-corrected chi connectivity index (χ0v) is 18.5. The maximum Gasteiger partial charge on any atom is 0.311 e. The monoisotopic (exact) mass is 471 g/mol. The molecule has 2 heterocycles. The number of ether oxygens (including phenoxy) is 1. The minimum Gasteiger partial charge on any atom is -0.469 e. The maximum atomic E-state index is 15.7. The molecule has 1 aliphatic rings. The Bertz CT molecular complexity index is 1290. The van der Waals surface area contributed by atoms with Gasteiger partial charge in [-0.1, -0.05) is 23.7 Å². The normalized spacial score (nSPS) is 16.3. The van der Waals surface area contributed by atoms with Crippen LogP contribution in [0, 0.1) is 29.1 Å². The Morgan fingerprint density at radius 1 is 1.30 bits per heavy atom. The second-order valence-electron chi connectivity index (χ2n) is 7.78. The highest BCUT2D eigenvalue weighted by molar-refractivity contribution is 6.34. The molecule has 1 saturated heterocycles. The number of nitrogens with two attached hydrogens (primary N) is 1. The Morgan fingerprint density at radius 3 is 2.82 bits per heavy atom. The summed E-state index contributed by atoms with van der Waals surface area (Å²) in [5.74, 6) is -1.23. The summed E-state index contributed by atoms with van der Waals surface area (Å²) in [5, 5.41) is 9.75. The summed E-state index contributed by atoms with van der Waals surface area (Å²) in [5.41, 5.74) is 5.96. The third-order valence-electron chi connectivity index (χ3n) is 5.88. The van der Waals surface area contributed by atoms with E-state index >= 15 is 4.39 Å². The standard InChI is InChI=1S/C23H20ClF2N5O2/c1-33-22(32)12-4-3-8-31(9-7-12)21-14-10-16(24)18(19(25)20(14)29-23(26)30-21)13-5-2-6-17(28)15(13)11-27/h2,5-6,10,12H,3-4,7-9,28H2,1H3.